The van der Waals surface area contributed by atoms with Gasteiger partial charge in [0.15, 0.2) is 0 Å². The van der Waals surface area contributed by atoms with Crippen LogP contribution >= 0.6 is 0 Å². The van der Waals surface area contributed by atoms with Gasteiger partial charge in [0.2, 0.25) is 0 Å². The maximum atomic E-state index is 10.5. The van der Waals surface area contributed by atoms with Gasteiger partial charge in [-0.2, -0.15) is 5.10 Å². The molecule has 0 radical (unpaired) electrons. The summed E-state index contributed by atoms with van der Waals surface area (Å²) in [4.78, 5) is 10.5. The van der Waals surface area contributed by atoms with Gasteiger partial charge in [-0.3, -0.25) is 0 Å². The van der Waals surface area contributed by atoms with Gasteiger partial charge < -0.3 is 10.5 Å². The average Bonchev–Trinajstić information content (AvgIpc) is 2.82. The third-order valence-electron chi connectivity index (χ3n) is 2.85. The van der Waals surface area contributed by atoms with E-state index in [-0.39, 0.29) is 0 Å². The Morgan fingerprint density at radius 1 is 1.44 bits per heavy atom. The second-order valence-electron chi connectivity index (χ2n) is 4.33. The second-order valence-corrected chi connectivity index (χ2v) is 4.33. The lowest BCUT2D eigenvalue weighted by Gasteiger charge is -2.13. The first-order chi connectivity index (χ1) is 8.74. The van der Waals surface area contributed by atoms with Crippen molar-refractivity contribution in [2.75, 3.05) is 0 Å². The summed E-state index contributed by atoms with van der Waals surface area (Å²) in [5.74, 6) is 0.838. The fourth-order valence-electron chi connectivity index (χ4n) is 2.04. The molecule has 0 aromatic heterocycles. The number of rotatable bonds is 4. The normalized spacial score (nSPS) is 16.0. The smallest absolute Gasteiger partial charge is 0.332 e. The summed E-state index contributed by atoms with van der Waals surface area (Å²) >= 11 is 0. The monoisotopic (exact) mass is 247 g/mol. The first-order valence-corrected chi connectivity index (χ1v) is 6.09. The number of hydrazone groups is 1. The SMILES string of the molecule is NC(=O)NN=Cc1cccc(OC2CCCC2)c1. The van der Waals surface area contributed by atoms with E-state index in [1.807, 2.05) is 24.3 Å². The fourth-order valence-corrected chi connectivity index (χ4v) is 2.04. The number of benzene rings is 1. The largest absolute Gasteiger partial charge is 0.490 e. The average molecular weight is 247 g/mol. The molecule has 5 heteroatoms. The highest BCUT2D eigenvalue weighted by Gasteiger charge is 2.16. The number of carbonyl (C=O) groups excluding carboxylic acids is 1. The first kappa shape index (κ1) is 12.4. The number of hydrogen-bond acceptors (Lipinski definition) is 3. The van der Waals surface area contributed by atoms with E-state index in [1.54, 1.807) is 0 Å². The molecule has 0 aliphatic heterocycles. The van der Waals surface area contributed by atoms with Gasteiger partial charge in [0.1, 0.15) is 5.75 Å². The molecule has 2 amide bonds. The highest BCUT2D eigenvalue weighted by atomic mass is 16.5. The summed E-state index contributed by atoms with van der Waals surface area (Å²) in [6.45, 7) is 0. The number of nitrogens with zero attached hydrogens (tertiary/aromatic N) is 1. The molecule has 96 valence electrons. The van der Waals surface area contributed by atoms with Crippen LogP contribution in [0.25, 0.3) is 0 Å². The van der Waals surface area contributed by atoms with Gasteiger partial charge in [-0.15, -0.1) is 0 Å². The molecular weight excluding hydrogens is 230 g/mol. The Kier molecular flexibility index (Phi) is 4.17. The van der Waals surface area contributed by atoms with Crippen molar-refractivity contribution in [2.45, 2.75) is 31.8 Å². The third-order valence-corrected chi connectivity index (χ3v) is 2.85. The van der Waals surface area contributed by atoms with Gasteiger partial charge in [-0.25, -0.2) is 10.2 Å². The van der Waals surface area contributed by atoms with Crippen molar-refractivity contribution in [1.82, 2.24) is 5.43 Å². The molecule has 0 bridgehead atoms. The number of urea groups is 1. The quantitative estimate of drug-likeness (QED) is 0.630. The van der Waals surface area contributed by atoms with E-state index < -0.39 is 6.03 Å². The van der Waals surface area contributed by atoms with E-state index in [4.69, 9.17) is 10.5 Å². The summed E-state index contributed by atoms with van der Waals surface area (Å²) in [5.41, 5.74) is 7.92. The molecule has 3 N–H and O–H groups in total. The number of nitrogens with one attached hydrogen (secondary N) is 1. The summed E-state index contributed by atoms with van der Waals surface area (Å²) < 4.78 is 5.87. The number of ether oxygens (including phenoxy) is 1. The Morgan fingerprint density at radius 3 is 2.94 bits per heavy atom. The van der Waals surface area contributed by atoms with Crippen LogP contribution in [0.15, 0.2) is 29.4 Å². The molecule has 0 atom stereocenters. The van der Waals surface area contributed by atoms with Crippen LogP contribution < -0.4 is 15.9 Å². The van der Waals surface area contributed by atoms with Gasteiger partial charge in [0.05, 0.1) is 12.3 Å². The zero-order valence-electron chi connectivity index (χ0n) is 10.1. The van der Waals surface area contributed by atoms with Crippen molar-refractivity contribution in [3.8, 4) is 5.75 Å². The lowest BCUT2D eigenvalue weighted by Crippen LogP contribution is -2.24. The third kappa shape index (κ3) is 3.76. The molecule has 0 spiro atoms. The molecule has 2 rings (SSSR count). The molecule has 1 aromatic carbocycles. The van der Waals surface area contributed by atoms with Gasteiger partial charge in [0, 0.05) is 0 Å². The number of primary amides is 1. The minimum absolute atomic E-state index is 0.334. The zero-order chi connectivity index (χ0) is 12.8. The number of carbonyl (C=O) groups is 1. The summed E-state index contributed by atoms with van der Waals surface area (Å²) in [6.07, 6.45) is 6.61. The van der Waals surface area contributed by atoms with E-state index in [0.717, 1.165) is 24.2 Å². The Labute approximate surface area is 106 Å². The molecule has 18 heavy (non-hydrogen) atoms. The van der Waals surface area contributed by atoms with Gasteiger partial charge in [0.25, 0.3) is 0 Å². The van der Waals surface area contributed by atoms with Crippen molar-refractivity contribution in [1.29, 1.82) is 0 Å². The molecule has 1 saturated carbocycles. The van der Waals surface area contributed by atoms with Crippen LogP contribution in [0.4, 0.5) is 4.79 Å². The molecule has 1 aliphatic carbocycles. The van der Waals surface area contributed by atoms with Crippen LogP contribution in [0.1, 0.15) is 31.2 Å². The lowest BCUT2D eigenvalue weighted by molar-refractivity contribution is 0.210. The lowest BCUT2D eigenvalue weighted by atomic mass is 10.2. The summed E-state index contributed by atoms with van der Waals surface area (Å²) in [7, 11) is 0. The molecule has 0 saturated heterocycles. The molecular formula is C13H17N3O2. The minimum Gasteiger partial charge on any atom is -0.490 e. The van der Waals surface area contributed by atoms with E-state index >= 15 is 0 Å². The van der Waals surface area contributed by atoms with Crippen molar-refractivity contribution in [2.24, 2.45) is 10.8 Å². The van der Waals surface area contributed by atoms with Crippen molar-refractivity contribution < 1.29 is 9.53 Å². The van der Waals surface area contributed by atoms with Crippen LogP contribution in [0.3, 0.4) is 0 Å². The maximum absolute atomic E-state index is 10.5. The fraction of sp³-hybridized carbons (Fsp3) is 0.385. The van der Waals surface area contributed by atoms with Crippen LogP contribution in [0.5, 0.6) is 5.75 Å². The second kappa shape index (κ2) is 6.05. The Bertz CT molecular complexity index is 440. The predicted molar refractivity (Wildman–Crippen MR) is 69.6 cm³/mol. The number of nitrogens with two attached hydrogens (primary N) is 1. The van der Waals surface area contributed by atoms with E-state index in [0.29, 0.717) is 6.10 Å². The standard InChI is InChI=1S/C13H17N3O2/c14-13(17)16-15-9-10-4-3-7-12(8-10)18-11-5-1-2-6-11/h3-4,7-9,11H,1-2,5-6H2,(H3,14,16,17). The molecule has 1 fully saturated rings. The van der Waals surface area contributed by atoms with E-state index in [9.17, 15) is 4.79 Å². The molecule has 5 nitrogen and oxygen atoms in total. The van der Waals surface area contributed by atoms with Crippen LogP contribution in [0.2, 0.25) is 0 Å². The molecule has 1 aliphatic rings. The van der Waals surface area contributed by atoms with Gasteiger partial charge in [-0.1, -0.05) is 12.1 Å². The topological polar surface area (TPSA) is 76.7 Å². The van der Waals surface area contributed by atoms with Crippen LogP contribution in [-0.2, 0) is 0 Å². The predicted octanol–water partition coefficient (Wildman–Crippen LogP) is 2.01. The van der Waals surface area contributed by atoms with Crippen LogP contribution in [-0.4, -0.2) is 18.3 Å². The Morgan fingerprint density at radius 2 is 2.22 bits per heavy atom. The Hall–Kier alpha value is -2.04. The molecule has 0 heterocycles. The van der Waals surface area contributed by atoms with Crippen LogP contribution in [0, 0.1) is 0 Å². The maximum Gasteiger partial charge on any atom is 0.332 e. The van der Waals surface area contributed by atoms with E-state index in [1.165, 1.54) is 19.1 Å². The highest BCUT2D eigenvalue weighted by molar-refractivity contribution is 5.81. The highest BCUT2D eigenvalue weighted by Crippen LogP contribution is 2.24. The zero-order valence-corrected chi connectivity index (χ0v) is 10.1. The van der Waals surface area contributed by atoms with Gasteiger partial charge >= 0.3 is 6.03 Å². The van der Waals surface area contributed by atoms with Crippen molar-refractivity contribution >= 4 is 12.2 Å². The minimum atomic E-state index is -0.676. The number of amides is 2. The Balaban J connectivity index is 1.95. The van der Waals surface area contributed by atoms with E-state index in [2.05, 4.69) is 10.5 Å². The first-order valence-electron chi connectivity index (χ1n) is 6.09. The van der Waals surface area contributed by atoms with Gasteiger partial charge in [-0.05, 0) is 43.4 Å². The molecule has 1 aromatic rings. The summed E-state index contributed by atoms with van der Waals surface area (Å²) in [6, 6.07) is 6.93. The number of hydrogen-bond donors (Lipinski definition) is 2. The molecule has 0 unspecified atom stereocenters. The van der Waals surface area contributed by atoms with Crippen molar-refractivity contribution in [3.05, 3.63) is 29.8 Å². The summed E-state index contributed by atoms with van der Waals surface area (Å²) in [5, 5.41) is 3.71. The van der Waals surface area contributed by atoms with Crippen molar-refractivity contribution in [3.63, 3.8) is 0 Å².